The van der Waals surface area contributed by atoms with Crippen molar-refractivity contribution >= 4 is 5.91 Å². The maximum absolute atomic E-state index is 11.2. The number of rotatable bonds is 4. The van der Waals surface area contributed by atoms with E-state index in [1.807, 2.05) is 0 Å². The summed E-state index contributed by atoms with van der Waals surface area (Å²) in [6.07, 6.45) is 6.46. The molecule has 2 rings (SSSR count). The van der Waals surface area contributed by atoms with Crippen LogP contribution in [0, 0.1) is 5.92 Å². The summed E-state index contributed by atoms with van der Waals surface area (Å²) < 4.78 is 0. The fraction of sp³-hybridized carbons (Fsp3) is 0.556. The minimum Gasteiger partial charge on any atom is -0.350 e. The minimum absolute atomic E-state index is 0.150. The number of amides is 1. The lowest BCUT2D eigenvalue weighted by molar-refractivity contribution is -0.121. The van der Waals surface area contributed by atoms with Gasteiger partial charge in [-0.15, -0.1) is 0 Å². The summed E-state index contributed by atoms with van der Waals surface area (Å²) in [4.78, 5) is 18.0. The second-order valence-corrected chi connectivity index (χ2v) is 3.50. The number of carbonyl (C=O) groups excluding carboxylic acids is 1. The van der Waals surface area contributed by atoms with Gasteiger partial charge < -0.3 is 10.3 Å². The van der Waals surface area contributed by atoms with Gasteiger partial charge in [-0.1, -0.05) is 0 Å². The maximum Gasteiger partial charge on any atom is 0.220 e. The molecule has 1 aromatic rings. The van der Waals surface area contributed by atoms with E-state index in [2.05, 4.69) is 15.3 Å². The molecule has 0 unspecified atom stereocenters. The predicted octanol–water partition coefficient (Wildman–Crippen LogP) is 0.826. The van der Waals surface area contributed by atoms with E-state index in [9.17, 15) is 4.79 Å². The molecule has 4 nitrogen and oxygen atoms in total. The summed E-state index contributed by atoms with van der Waals surface area (Å²) in [6.45, 7) is 0.561. The van der Waals surface area contributed by atoms with Crippen LogP contribution in [0.1, 0.15) is 25.0 Å². The van der Waals surface area contributed by atoms with Crippen molar-refractivity contribution in [2.24, 2.45) is 5.92 Å². The van der Waals surface area contributed by atoms with Crippen LogP contribution in [0.2, 0.25) is 0 Å². The number of carbonyl (C=O) groups is 1. The number of nitrogens with one attached hydrogen (secondary N) is 2. The molecule has 4 heteroatoms. The topological polar surface area (TPSA) is 57.8 Å². The zero-order valence-corrected chi connectivity index (χ0v) is 7.42. The minimum atomic E-state index is 0.150. The van der Waals surface area contributed by atoms with Crippen molar-refractivity contribution in [3.05, 3.63) is 18.2 Å². The Kier molecular flexibility index (Phi) is 2.29. The van der Waals surface area contributed by atoms with Crippen molar-refractivity contribution in [1.82, 2.24) is 15.3 Å². The number of hydrogen-bond acceptors (Lipinski definition) is 2. The summed E-state index contributed by atoms with van der Waals surface area (Å²) in [7, 11) is 0. The largest absolute Gasteiger partial charge is 0.350 e. The summed E-state index contributed by atoms with van der Waals surface area (Å²) in [6, 6.07) is 0. The van der Waals surface area contributed by atoms with Gasteiger partial charge in [0, 0.05) is 12.6 Å². The van der Waals surface area contributed by atoms with Crippen molar-refractivity contribution in [2.75, 3.05) is 0 Å². The van der Waals surface area contributed by atoms with Crippen LogP contribution < -0.4 is 5.32 Å². The molecule has 2 N–H and O–H groups in total. The van der Waals surface area contributed by atoms with E-state index >= 15 is 0 Å². The third-order valence-electron chi connectivity index (χ3n) is 2.20. The molecule has 1 saturated carbocycles. The van der Waals surface area contributed by atoms with Crippen LogP contribution in [0.3, 0.4) is 0 Å². The van der Waals surface area contributed by atoms with Crippen LogP contribution in [-0.2, 0) is 11.3 Å². The summed E-state index contributed by atoms with van der Waals surface area (Å²) >= 11 is 0. The molecule has 1 aromatic heterocycles. The highest BCUT2D eigenvalue weighted by Gasteiger charge is 2.23. The summed E-state index contributed by atoms with van der Waals surface area (Å²) in [5, 5.41) is 2.85. The highest BCUT2D eigenvalue weighted by atomic mass is 16.1. The summed E-state index contributed by atoms with van der Waals surface area (Å²) in [5.74, 6) is 0.805. The van der Waals surface area contributed by atoms with Crippen LogP contribution in [0.4, 0.5) is 0 Å². The molecule has 1 fully saturated rings. The number of aromatic amines is 1. The van der Waals surface area contributed by atoms with Crippen molar-refractivity contribution in [3.63, 3.8) is 0 Å². The molecule has 1 heterocycles. The standard InChI is InChI=1S/C9H13N3O/c13-9(3-7-1-2-7)11-5-8-4-10-6-12-8/h4,6-7H,1-3,5H2,(H,10,12)(H,11,13). The van der Waals surface area contributed by atoms with Gasteiger partial charge in [-0.25, -0.2) is 4.98 Å². The number of hydrogen-bond donors (Lipinski definition) is 2. The third kappa shape index (κ3) is 2.57. The van der Waals surface area contributed by atoms with Gasteiger partial charge in [0.15, 0.2) is 0 Å². The van der Waals surface area contributed by atoms with Crippen molar-refractivity contribution in [2.45, 2.75) is 25.8 Å². The SMILES string of the molecule is O=C(CC1CC1)NCc1cnc[nH]1. The van der Waals surface area contributed by atoms with Gasteiger partial charge in [0.2, 0.25) is 5.91 Å². The van der Waals surface area contributed by atoms with Gasteiger partial charge in [-0.3, -0.25) is 4.79 Å². The monoisotopic (exact) mass is 179 g/mol. The average molecular weight is 179 g/mol. The normalized spacial score (nSPS) is 15.7. The maximum atomic E-state index is 11.2. The Balaban J connectivity index is 1.69. The van der Waals surface area contributed by atoms with Crippen LogP contribution in [0.5, 0.6) is 0 Å². The molecule has 1 amide bonds. The van der Waals surface area contributed by atoms with Gasteiger partial charge in [-0.05, 0) is 18.8 Å². The van der Waals surface area contributed by atoms with E-state index in [1.54, 1.807) is 12.5 Å². The van der Waals surface area contributed by atoms with E-state index < -0.39 is 0 Å². The Morgan fingerprint density at radius 3 is 3.15 bits per heavy atom. The first-order chi connectivity index (χ1) is 6.34. The Morgan fingerprint density at radius 1 is 1.69 bits per heavy atom. The Morgan fingerprint density at radius 2 is 2.54 bits per heavy atom. The first kappa shape index (κ1) is 8.29. The zero-order valence-electron chi connectivity index (χ0n) is 7.42. The van der Waals surface area contributed by atoms with Gasteiger partial charge in [0.25, 0.3) is 0 Å². The second-order valence-electron chi connectivity index (χ2n) is 3.50. The molecular weight excluding hydrogens is 166 g/mol. The van der Waals surface area contributed by atoms with Crippen LogP contribution in [0.15, 0.2) is 12.5 Å². The van der Waals surface area contributed by atoms with E-state index in [1.165, 1.54) is 12.8 Å². The quantitative estimate of drug-likeness (QED) is 0.719. The fourth-order valence-corrected chi connectivity index (χ4v) is 1.23. The molecule has 0 spiro atoms. The molecule has 1 aliphatic carbocycles. The third-order valence-corrected chi connectivity index (χ3v) is 2.20. The van der Waals surface area contributed by atoms with Gasteiger partial charge in [0.05, 0.1) is 18.6 Å². The number of imidazole rings is 1. The van der Waals surface area contributed by atoms with Gasteiger partial charge in [-0.2, -0.15) is 0 Å². The highest BCUT2D eigenvalue weighted by molar-refractivity contribution is 5.76. The molecule has 0 saturated heterocycles. The first-order valence-electron chi connectivity index (χ1n) is 4.58. The Labute approximate surface area is 76.8 Å². The molecular formula is C9H13N3O. The first-order valence-corrected chi connectivity index (χ1v) is 4.58. The molecule has 0 radical (unpaired) electrons. The lowest BCUT2D eigenvalue weighted by atomic mass is 10.3. The second kappa shape index (κ2) is 3.60. The molecule has 0 aromatic carbocycles. The van der Waals surface area contributed by atoms with E-state index in [0.717, 1.165) is 5.69 Å². The molecule has 0 aliphatic heterocycles. The van der Waals surface area contributed by atoms with E-state index in [0.29, 0.717) is 18.9 Å². The molecule has 0 atom stereocenters. The van der Waals surface area contributed by atoms with Crippen molar-refractivity contribution in [3.8, 4) is 0 Å². The fourth-order valence-electron chi connectivity index (χ4n) is 1.23. The van der Waals surface area contributed by atoms with Gasteiger partial charge in [0.1, 0.15) is 0 Å². The zero-order chi connectivity index (χ0) is 9.10. The van der Waals surface area contributed by atoms with Crippen molar-refractivity contribution in [1.29, 1.82) is 0 Å². The molecule has 0 bridgehead atoms. The molecule has 13 heavy (non-hydrogen) atoms. The van der Waals surface area contributed by atoms with Crippen LogP contribution in [0.25, 0.3) is 0 Å². The van der Waals surface area contributed by atoms with Gasteiger partial charge >= 0.3 is 0 Å². The molecule has 70 valence electrons. The van der Waals surface area contributed by atoms with E-state index in [-0.39, 0.29) is 5.91 Å². The predicted molar refractivity (Wildman–Crippen MR) is 47.8 cm³/mol. The van der Waals surface area contributed by atoms with Crippen LogP contribution in [-0.4, -0.2) is 15.9 Å². The lowest BCUT2D eigenvalue weighted by Gasteiger charge is -2.01. The smallest absolute Gasteiger partial charge is 0.220 e. The number of nitrogens with zero attached hydrogens (tertiary/aromatic N) is 1. The lowest BCUT2D eigenvalue weighted by Crippen LogP contribution is -2.22. The molecule has 1 aliphatic rings. The van der Waals surface area contributed by atoms with Crippen molar-refractivity contribution < 1.29 is 4.79 Å². The summed E-state index contributed by atoms with van der Waals surface area (Å²) in [5.41, 5.74) is 0.948. The Bertz CT molecular complexity index is 277. The highest BCUT2D eigenvalue weighted by Crippen LogP contribution is 2.32. The average Bonchev–Trinajstić information content (AvgIpc) is 2.78. The Hall–Kier alpha value is -1.32. The van der Waals surface area contributed by atoms with E-state index in [4.69, 9.17) is 0 Å². The van der Waals surface area contributed by atoms with Crippen LogP contribution >= 0.6 is 0 Å². The number of aromatic nitrogens is 2. The number of H-pyrrole nitrogens is 1.